The van der Waals surface area contributed by atoms with Crippen LogP contribution in [0, 0.1) is 0 Å². The molecule has 44 heavy (non-hydrogen) atoms. The number of fused-ring (bicyclic) bond motifs is 1. The van der Waals surface area contributed by atoms with E-state index in [0.29, 0.717) is 0 Å². The summed E-state index contributed by atoms with van der Waals surface area (Å²) in [7, 11) is 0. The van der Waals surface area contributed by atoms with E-state index in [0.717, 1.165) is 33.3 Å². The van der Waals surface area contributed by atoms with Crippen LogP contribution in [0.4, 0.5) is 0 Å². The van der Waals surface area contributed by atoms with Gasteiger partial charge in [0, 0.05) is 33.8 Å². The van der Waals surface area contributed by atoms with Crippen LogP contribution < -0.4 is 15.1 Å². The third-order valence-electron chi connectivity index (χ3n) is 6.24. The van der Waals surface area contributed by atoms with Crippen LogP contribution in [0.5, 0.6) is 17.2 Å². The summed E-state index contributed by atoms with van der Waals surface area (Å²) in [4.78, 5) is 60.0. The van der Waals surface area contributed by atoms with Crippen molar-refractivity contribution < 1.29 is 61.9 Å². The predicted molar refractivity (Wildman–Crippen MR) is 148 cm³/mol. The third-order valence-corrected chi connectivity index (χ3v) is 6.24. The van der Waals surface area contributed by atoms with Crippen molar-refractivity contribution in [1.82, 2.24) is 0 Å². The van der Waals surface area contributed by atoms with Crippen molar-refractivity contribution in [3.05, 3.63) is 64.5 Å². The molecule has 0 radical (unpaired) electrons. The lowest BCUT2D eigenvalue weighted by molar-refractivity contribution is -0.288. The molecule has 0 unspecified atom stereocenters. The molecule has 0 spiro atoms. The molecule has 1 aliphatic rings. The van der Waals surface area contributed by atoms with Gasteiger partial charge in [-0.15, -0.1) is 0 Å². The number of hydrogen-bond donors (Lipinski definition) is 1. The van der Waals surface area contributed by atoms with E-state index in [9.17, 15) is 29.1 Å². The monoisotopic (exact) mass is 614 g/mol. The highest BCUT2D eigenvalue weighted by Crippen LogP contribution is 2.36. The highest BCUT2D eigenvalue weighted by molar-refractivity contribution is 5.86. The molecule has 0 saturated carbocycles. The van der Waals surface area contributed by atoms with Crippen molar-refractivity contribution in [2.75, 3.05) is 6.61 Å². The Hall–Kier alpha value is -5.11. The Labute approximate surface area is 250 Å². The van der Waals surface area contributed by atoms with Gasteiger partial charge >= 0.3 is 29.5 Å². The number of carbonyl (C=O) groups excluding carboxylic acids is 4. The molecule has 2 aromatic carbocycles. The van der Waals surface area contributed by atoms with Crippen LogP contribution in [0.25, 0.3) is 11.0 Å². The van der Waals surface area contributed by atoms with Crippen molar-refractivity contribution in [3.8, 4) is 17.2 Å². The van der Waals surface area contributed by atoms with Gasteiger partial charge in [0.1, 0.15) is 30.7 Å². The van der Waals surface area contributed by atoms with E-state index in [-0.39, 0.29) is 29.1 Å². The van der Waals surface area contributed by atoms with Crippen LogP contribution in [-0.4, -0.2) is 66.3 Å². The van der Waals surface area contributed by atoms with Gasteiger partial charge in [-0.3, -0.25) is 19.2 Å². The second-order valence-corrected chi connectivity index (χ2v) is 9.68. The molecule has 5 atom stereocenters. The Kier molecular flexibility index (Phi) is 10.1. The van der Waals surface area contributed by atoms with Gasteiger partial charge in [-0.2, -0.15) is 0 Å². The van der Waals surface area contributed by atoms with Crippen LogP contribution in [0.3, 0.4) is 0 Å². The molecule has 1 aromatic heterocycles. The molecule has 1 aliphatic heterocycles. The normalized spacial score (nSPS) is 21.1. The summed E-state index contributed by atoms with van der Waals surface area (Å²) in [5.74, 6) is -3.85. The Bertz CT molecular complexity index is 1580. The number of aromatic hydroxyl groups is 1. The fourth-order valence-corrected chi connectivity index (χ4v) is 4.51. The summed E-state index contributed by atoms with van der Waals surface area (Å²) in [6.07, 6.45) is -7.00. The molecule has 0 aliphatic carbocycles. The SMILES string of the molecule is CC(=O)OC[C@H]1O[C@H](Oc2ccc3c(OCc4ccccc4)c(O)c(=O)oc3c2)[C@@H](OC(C)=O)[C@@H](OC(C)=O)[C@@H]1OC(C)=O. The fourth-order valence-electron chi connectivity index (χ4n) is 4.51. The van der Waals surface area contributed by atoms with Crippen LogP contribution >= 0.6 is 0 Å². The van der Waals surface area contributed by atoms with Crippen molar-refractivity contribution >= 4 is 34.8 Å². The molecule has 3 aromatic rings. The zero-order valence-electron chi connectivity index (χ0n) is 24.2. The first-order chi connectivity index (χ1) is 20.9. The van der Waals surface area contributed by atoms with E-state index in [1.165, 1.54) is 18.2 Å². The zero-order chi connectivity index (χ0) is 32.0. The maximum absolute atomic E-state index is 12.4. The fraction of sp³-hybridized carbons (Fsp3) is 0.367. The molecule has 2 heterocycles. The second-order valence-electron chi connectivity index (χ2n) is 9.68. The first-order valence-corrected chi connectivity index (χ1v) is 13.4. The Morgan fingerprint density at radius 2 is 1.45 bits per heavy atom. The minimum Gasteiger partial charge on any atom is -0.499 e. The van der Waals surface area contributed by atoms with Crippen LogP contribution in [0.1, 0.15) is 33.3 Å². The summed E-state index contributed by atoms with van der Waals surface area (Å²) < 4.78 is 44.1. The maximum atomic E-state index is 12.4. The highest BCUT2D eigenvalue weighted by Gasteiger charge is 2.53. The molecular weight excluding hydrogens is 584 g/mol. The van der Waals surface area contributed by atoms with Gasteiger partial charge in [0.2, 0.25) is 18.1 Å². The average Bonchev–Trinajstić information content (AvgIpc) is 2.95. The summed E-state index contributed by atoms with van der Waals surface area (Å²) in [5, 5.41) is 10.6. The Morgan fingerprint density at radius 3 is 2.09 bits per heavy atom. The van der Waals surface area contributed by atoms with Crippen molar-refractivity contribution in [2.24, 2.45) is 0 Å². The second kappa shape index (κ2) is 13.9. The van der Waals surface area contributed by atoms with E-state index in [4.69, 9.17) is 37.6 Å². The minimum atomic E-state index is -1.51. The lowest BCUT2D eigenvalue weighted by Crippen LogP contribution is -2.63. The van der Waals surface area contributed by atoms with Gasteiger partial charge in [0.15, 0.2) is 18.0 Å². The number of hydrogen-bond acceptors (Lipinski definition) is 14. The Balaban J connectivity index is 1.69. The molecule has 0 bridgehead atoms. The number of esters is 4. The van der Waals surface area contributed by atoms with Crippen LogP contribution in [0.15, 0.2) is 57.7 Å². The summed E-state index contributed by atoms with van der Waals surface area (Å²) in [6.45, 7) is 4.07. The number of ether oxygens (including phenoxy) is 7. The lowest BCUT2D eigenvalue weighted by atomic mass is 9.98. The first kappa shape index (κ1) is 31.8. The summed E-state index contributed by atoms with van der Waals surface area (Å²) in [6, 6.07) is 13.3. The molecular formula is C30H30O14. The van der Waals surface area contributed by atoms with Gasteiger partial charge in [0.05, 0.1) is 5.39 Å². The molecule has 14 heteroatoms. The van der Waals surface area contributed by atoms with Crippen LogP contribution in [-0.2, 0) is 49.5 Å². The molecule has 14 nitrogen and oxygen atoms in total. The van der Waals surface area contributed by atoms with Crippen molar-refractivity contribution in [2.45, 2.75) is 65.0 Å². The Morgan fingerprint density at radius 1 is 0.818 bits per heavy atom. The summed E-state index contributed by atoms with van der Waals surface area (Å²) in [5.41, 5.74) is -0.305. The minimum absolute atomic E-state index is 0.0287. The number of benzene rings is 2. The number of carbonyl (C=O) groups is 4. The number of rotatable bonds is 10. The molecule has 4 rings (SSSR count). The predicted octanol–water partition coefficient (Wildman–Crippen LogP) is 2.54. The molecule has 1 N–H and O–H groups in total. The third kappa shape index (κ3) is 7.83. The molecule has 234 valence electrons. The quantitative estimate of drug-likeness (QED) is 0.200. The van der Waals surface area contributed by atoms with Gasteiger partial charge in [-0.1, -0.05) is 30.3 Å². The summed E-state index contributed by atoms with van der Waals surface area (Å²) >= 11 is 0. The average molecular weight is 615 g/mol. The zero-order valence-corrected chi connectivity index (χ0v) is 24.2. The largest absolute Gasteiger partial charge is 0.499 e. The van der Waals surface area contributed by atoms with Gasteiger partial charge in [-0.05, 0) is 17.7 Å². The van der Waals surface area contributed by atoms with E-state index >= 15 is 0 Å². The maximum Gasteiger partial charge on any atom is 0.382 e. The van der Waals surface area contributed by atoms with E-state index in [1.54, 1.807) is 0 Å². The van der Waals surface area contributed by atoms with Gasteiger partial charge < -0.3 is 42.7 Å². The van der Waals surface area contributed by atoms with Crippen molar-refractivity contribution in [3.63, 3.8) is 0 Å². The van der Waals surface area contributed by atoms with E-state index in [1.807, 2.05) is 30.3 Å². The smallest absolute Gasteiger partial charge is 0.382 e. The lowest BCUT2D eigenvalue weighted by Gasteiger charge is -2.43. The first-order valence-electron chi connectivity index (χ1n) is 13.4. The van der Waals surface area contributed by atoms with E-state index in [2.05, 4.69) is 0 Å². The molecule has 0 amide bonds. The molecule has 1 saturated heterocycles. The highest BCUT2D eigenvalue weighted by atomic mass is 16.7. The molecule has 1 fully saturated rings. The van der Waals surface area contributed by atoms with Gasteiger partial charge in [-0.25, -0.2) is 4.79 Å². The standard InChI is InChI=1S/C30H30O14/c1-15(31)37-14-23-26(39-16(2)32)27(40-17(3)33)28(41-18(4)34)30(44-23)42-20-10-11-21-22(12-20)43-29(36)24(35)25(21)38-13-19-8-6-5-7-9-19/h5-12,23,26-28,30,35H,13-14H2,1-4H3/t23-,26-,27+,28+,30+/m1/s1. The topological polar surface area (TPSA) is 183 Å². The van der Waals surface area contributed by atoms with E-state index < -0.39 is 72.6 Å². The van der Waals surface area contributed by atoms with Gasteiger partial charge in [0.25, 0.3) is 0 Å². The van der Waals surface area contributed by atoms with Crippen molar-refractivity contribution in [1.29, 1.82) is 0 Å². The van der Waals surface area contributed by atoms with Crippen LogP contribution in [0.2, 0.25) is 0 Å².